The van der Waals surface area contributed by atoms with E-state index >= 15 is 0 Å². The van der Waals surface area contributed by atoms with Crippen LogP contribution in [0.1, 0.15) is 0 Å². The van der Waals surface area contributed by atoms with Crippen LogP contribution in [0.3, 0.4) is 0 Å². The van der Waals surface area contributed by atoms with Gasteiger partial charge in [-0.05, 0) is 77.2 Å². The summed E-state index contributed by atoms with van der Waals surface area (Å²) in [7, 11) is 0. The van der Waals surface area contributed by atoms with Gasteiger partial charge in [-0.15, -0.1) is 0 Å². The molecule has 0 fully saturated rings. The van der Waals surface area contributed by atoms with Crippen LogP contribution in [0, 0.1) is 0 Å². The molecule has 3 heterocycles. The molecule has 11 rings (SSSR count). The molecule has 0 radical (unpaired) electrons. The molecule has 8 aromatic carbocycles. The highest BCUT2D eigenvalue weighted by Gasteiger charge is 2.20. The molecule has 11 aromatic rings. The van der Waals surface area contributed by atoms with Gasteiger partial charge in [0, 0.05) is 38.0 Å². The summed E-state index contributed by atoms with van der Waals surface area (Å²) >= 11 is 0. The van der Waals surface area contributed by atoms with Crippen LogP contribution in [0.15, 0.2) is 174 Å². The fourth-order valence-electron chi connectivity index (χ4n) is 8.16. The van der Waals surface area contributed by atoms with Crippen molar-refractivity contribution < 1.29 is 4.42 Å². The van der Waals surface area contributed by atoms with Gasteiger partial charge in [-0.1, -0.05) is 109 Å². The molecular formula is C46H28N2O. The number of furan rings is 1. The lowest BCUT2D eigenvalue weighted by molar-refractivity contribution is 0.669. The van der Waals surface area contributed by atoms with Gasteiger partial charge in [-0.2, -0.15) is 0 Å². The first-order chi connectivity index (χ1) is 24.3. The molecule has 0 N–H and O–H groups in total. The van der Waals surface area contributed by atoms with E-state index in [0.29, 0.717) is 0 Å². The highest BCUT2D eigenvalue weighted by molar-refractivity contribution is 6.21. The van der Waals surface area contributed by atoms with E-state index in [1.54, 1.807) is 0 Å². The summed E-state index contributed by atoms with van der Waals surface area (Å²) in [6.45, 7) is 0. The average Bonchev–Trinajstić information content (AvgIpc) is 3.82. The maximum atomic E-state index is 6.36. The summed E-state index contributed by atoms with van der Waals surface area (Å²) in [5.74, 6) is 0. The van der Waals surface area contributed by atoms with E-state index < -0.39 is 0 Å². The average molecular weight is 625 g/mol. The minimum atomic E-state index is 0.897. The highest BCUT2D eigenvalue weighted by Crippen LogP contribution is 2.42. The van der Waals surface area contributed by atoms with Crippen LogP contribution < -0.4 is 0 Å². The Morgan fingerprint density at radius 1 is 0.367 bits per heavy atom. The predicted molar refractivity (Wildman–Crippen MR) is 205 cm³/mol. The number of benzene rings is 8. The van der Waals surface area contributed by atoms with Crippen LogP contribution in [0.5, 0.6) is 0 Å². The lowest BCUT2D eigenvalue weighted by Crippen LogP contribution is -1.95. The zero-order chi connectivity index (χ0) is 32.1. The normalized spacial score (nSPS) is 12.1. The Morgan fingerprint density at radius 3 is 1.84 bits per heavy atom. The van der Waals surface area contributed by atoms with Gasteiger partial charge in [-0.25, -0.2) is 0 Å². The number of aromatic nitrogens is 2. The SMILES string of the molecule is c1ccc(-n2c3ccccc3c3cc(-c4ccc5c(c4)c4ccc6ccccc6c4n5-c4cccc5oc6ccccc6c45)ccc32)cc1. The zero-order valence-corrected chi connectivity index (χ0v) is 26.5. The molecular weight excluding hydrogens is 597 g/mol. The standard InChI is InChI=1S/C46H28N2O/c1-2-12-32(13-3-1)47-39-17-8-6-15-34(39)37-27-30(22-25-40(37)47)31-23-26-41-38(28-31)35-24-21-29-11-4-5-14-33(29)46(35)48(41)42-18-10-20-44-45(42)36-16-7-9-19-43(36)49-44/h1-28H. The van der Waals surface area contributed by atoms with Gasteiger partial charge in [0.05, 0.1) is 33.1 Å². The van der Waals surface area contributed by atoms with Crippen LogP contribution >= 0.6 is 0 Å². The van der Waals surface area contributed by atoms with Gasteiger partial charge >= 0.3 is 0 Å². The molecule has 0 bridgehead atoms. The summed E-state index contributed by atoms with van der Waals surface area (Å²) in [5.41, 5.74) is 11.3. The Balaban J connectivity index is 1.20. The van der Waals surface area contributed by atoms with Gasteiger partial charge < -0.3 is 13.6 Å². The second kappa shape index (κ2) is 9.96. The second-order valence-electron chi connectivity index (χ2n) is 12.9. The largest absolute Gasteiger partial charge is 0.456 e. The summed E-state index contributed by atoms with van der Waals surface area (Å²) in [4.78, 5) is 0. The summed E-state index contributed by atoms with van der Waals surface area (Å²) in [6.07, 6.45) is 0. The first-order valence-corrected chi connectivity index (χ1v) is 16.8. The lowest BCUT2D eigenvalue weighted by atomic mass is 10.00. The first kappa shape index (κ1) is 26.5. The van der Waals surface area contributed by atoms with E-state index in [-0.39, 0.29) is 0 Å². The topological polar surface area (TPSA) is 23.0 Å². The minimum absolute atomic E-state index is 0.897. The monoisotopic (exact) mass is 624 g/mol. The molecule has 0 spiro atoms. The quantitative estimate of drug-likeness (QED) is 0.192. The highest BCUT2D eigenvalue weighted by atomic mass is 16.3. The Morgan fingerprint density at radius 2 is 1.00 bits per heavy atom. The molecule has 0 aliphatic rings. The van der Waals surface area contributed by atoms with Crippen molar-refractivity contribution in [1.82, 2.24) is 9.13 Å². The van der Waals surface area contributed by atoms with E-state index in [9.17, 15) is 0 Å². The van der Waals surface area contributed by atoms with E-state index in [2.05, 4.69) is 173 Å². The summed E-state index contributed by atoms with van der Waals surface area (Å²) in [5, 5.41) is 9.70. The van der Waals surface area contributed by atoms with E-state index in [4.69, 9.17) is 4.42 Å². The molecule has 0 unspecified atom stereocenters. The van der Waals surface area contributed by atoms with Gasteiger partial charge in [0.2, 0.25) is 0 Å². The zero-order valence-electron chi connectivity index (χ0n) is 26.5. The third-order valence-corrected chi connectivity index (χ3v) is 10.3. The van der Waals surface area contributed by atoms with Gasteiger partial charge in [0.15, 0.2) is 0 Å². The van der Waals surface area contributed by atoms with Crippen LogP contribution in [0.2, 0.25) is 0 Å². The predicted octanol–water partition coefficient (Wildman–Crippen LogP) is 12.6. The maximum Gasteiger partial charge on any atom is 0.137 e. The first-order valence-electron chi connectivity index (χ1n) is 16.8. The molecule has 0 aliphatic carbocycles. The Bertz CT molecular complexity index is 3100. The Labute approximate surface area is 281 Å². The van der Waals surface area contributed by atoms with E-state index in [1.807, 2.05) is 6.07 Å². The fourth-order valence-corrected chi connectivity index (χ4v) is 8.16. The van der Waals surface area contributed by atoms with Crippen molar-refractivity contribution in [3.63, 3.8) is 0 Å². The molecule has 3 heteroatoms. The van der Waals surface area contributed by atoms with Crippen LogP contribution in [0.25, 0.3) is 98.8 Å². The molecule has 49 heavy (non-hydrogen) atoms. The van der Waals surface area contributed by atoms with Crippen LogP contribution in [0.4, 0.5) is 0 Å². The van der Waals surface area contributed by atoms with Gasteiger partial charge in [0.25, 0.3) is 0 Å². The van der Waals surface area contributed by atoms with Gasteiger partial charge in [-0.3, -0.25) is 0 Å². The number of fused-ring (bicyclic) bond motifs is 11. The molecule has 0 aliphatic heterocycles. The van der Waals surface area contributed by atoms with Gasteiger partial charge in [0.1, 0.15) is 11.2 Å². The van der Waals surface area contributed by atoms with Crippen molar-refractivity contribution in [1.29, 1.82) is 0 Å². The van der Waals surface area contributed by atoms with Crippen molar-refractivity contribution in [2.45, 2.75) is 0 Å². The lowest BCUT2D eigenvalue weighted by Gasteiger charge is -2.12. The number of hydrogen-bond donors (Lipinski definition) is 0. The van der Waals surface area contributed by atoms with Crippen molar-refractivity contribution in [2.24, 2.45) is 0 Å². The fraction of sp³-hybridized carbons (Fsp3) is 0. The number of rotatable bonds is 3. The van der Waals surface area contributed by atoms with E-state index in [1.165, 1.54) is 71.2 Å². The van der Waals surface area contributed by atoms with Crippen LogP contribution in [-0.4, -0.2) is 9.13 Å². The van der Waals surface area contributed by atoms with Crippen molar-refractivity contribution in [3.8, 4) is 22.5 Å². The molecule has 0 amide bonds. The van der Waals surface area contributed by atoms with Crippen LogP contribution in [-0.2, 0) is 0 Å². The number of nitrogens with zero attached hydrogens (tertiary/aromatic N) is 2. The smallest absolute Gasteiger partial charge is 0.137 e. The summed E-state index contributed by atoms with van der Waals surface area (Å²) in [6, 6.07) is 61.3. The van der Waals surface area contributed by atoms with E-state index in [0.717, 1.165) is 27.6 Å². The molecule has 0 saturated carbocycles. The molecule has 228 valence electrons. The third-order valence-electron chi connectivity index (χ3n) is 10.3. The Kier molecular flexibility index (Phi) is 5.38. The minimum Gasteiger partial charge on any atom is -0.456 e. The molecule has 0 saturated heterocycles. The van der Waals surface area contributed by atoms with Crippen molar-refractivity contribution >= 4 is 76.3 Å². The molecule has 3 aromatic heterocycles. The molecule has 0 atom stereocenters. The second-order valence-corrected chi connectivity index (χ2v) is 12.9. The third kappa shape index (κ3) is 3.73. The van der Waals surface area contributed by atoms with Crippen molar-refractivity contribution in [2.75, 3.05) is 0 Å². The number of hydrogen-bond acceptors (Lipinski definition) is 1. The Hall–Kier alpha value is -6.58. The summed E-state index contributed by atoms with van der Waals surface area (Å²) < 4.78 is 11.2. The molecule has 3 nitrogen and oxygen atoms in total. The van der Waals surface area contributed by atoms with Crippen molar-refractivity contribution in [3.05, 3.63) is 170 Å². The number of para-hydroxylation sites is 3. The maximum absolute atomic E-state index is 6.36.